The summed E-state index contributed by atoms with van der Waals surface area (Å²) in [5.41, 5.74) is 0.550. The Morgan fingerprint density at radius 2 is 1.90 bits per heavy atom. The summed E-state index contributed by atoms with van der Waals surface area (Å²) < 4.78 is 33.8. The summed E-state index contributed by atoms with van der Waals surface area (Å²) >= 11 is 6.10. The van der Waals surface area contributed by atoms with Gasteiger partial charge in [-0.3, -0.25) is 0 Å². The number of hydrogen-bond acceptors (Lipinski definition) is 5. The van der Waals surface area contributed by atoms with E-state index < -0.39 is 16.1 Å². The second-order valence-corrected chi connectivity index (χ2v) is 6.89. The molecule has 20 heavy (non-hydrogen) atoms. The third kappa shape index (κ3) is 4.43. The van der Waals surface area contributed by atoms with Gasteiger partial charge < -0.3 is 14.8 Å². The zero-order chi connectivity index (χ0) is 15.3. The molecule has 1 aromatic carbocycles. The van der Waals surface area contributed by atoms with E-state index in [9.17, 15) is 8.42 Å². The van der Waals surface area contributed by atoms with E-state index in [-0.39, 0.29) is 10.9 Å². The topological polar surface area (TPSA) is 64.6 Å². The lowest BCUT2D eigenvalue weighted by Gasteiger charge is -2.23. The van der Waals surface area contributed by atoms with Crippen LogP contribution in [0.25, 0.3) is 0 Å². The molecule has 0 saturated carbocycles. The molecule has 1 N–H and O–H groups in total. The van der Waals surface area contributed by atoms with Crippen LogP contribution in [0.2, 0.25) is 5.02 Å². The summed E-state index contributed by atoms with van der Waals surface area (Å²) in [5.74, 6) is 0. The molecule has 1 atom stereocenters. The van der Waals surface area contributed by atoms with Gasteiger partial charge in [0.2, 0.25) is 0 Å². The molecule has 0 aliphatic heterocycles. The van der Waals surface area contributed by atoms with Crippen LogP contribution < -0.4 is 5.32 Å². The van der Waals surface area contributed by atoms with E-state index in [0.717, 1.165) is 0 Å². The Labute approximate surface area is 125 Å². The van der Waals surface area contributed by atoms with Gasteiger partial charge >= 0.3 is 0 Å². The first-order valence-electron chi connectivity index (χ1n) is 6.07. The van der Waals surface area contributed by atoms with Crippen LogP contribution in [0.4, 0.5) is 0 Å². The molecule has 0 radical (unpaired) electrons. The van der Waals surface area contributed by atoms with E-state index in [0.29, 0.717) is 17.1 Å². The minimum atomic E-state index is -3.32. The Kier molecular flexibility index (Phi) is 6.42. The van der Waals surface area contributed by atoms with Gasteiger partial charge in [-0.05, 0) is 19.1 Å². The Bertz CT molecular complexity index is 543. The second-order valence-electron chi connectivity index (χ2n) is 4.50. The van der Waals surface area contributed by atoms with Crippen LogP contribution in [-0.2, 0) is 25.9 Å². The molecule has 0 saturated heterocycles. The molecule has 0 aromatic heterocycles. The zero-order valence-electron chi connectivity index (χ0n) is 12.0. The minimum Gasteiger partial charge on any atom is -0.354 e. The smallest absolute Gasteiger partial charge is 0.175 e. The quantitative estimate of drug-likeness (QED) is 0.776. The molecule has 1 rings (SSSR count). The first-order valence-corrected chi connectivity index (χ1v) is 8.34. The van der Waals surface area contributed by atoms with E-state index >= 15 is 0 Å². The number of ether oxygens (including phenoxy) is 2. The van der Waals surface area contributed by atoms with Crippen molar-refractivity contribution in [2.75, 3.05) is 20.5 Å². The Hall–Kier alpha value is -0.660. The third-order valence-electron chi connectivity index (χ3n) is 2.95. The SMILES string of the molecule is COC(OC)C(C)NCc1c(Cl)cccc1S(C)(=O)=O. The maximum atomic E-state index is 11.8. The number of benzene rings is 1. The highest BCUT2D eigenvalue weighted by molar-refractivity contribution is 7.90. The lowest BCUT2D eigenvalue weighted by atomic mass is 10.2. The van der Waals surface area contributed by atoms with Crippen molar-refractivity contribution in [3.8, 4) is 0 Å². The summed E-state index contributed by atoms with van der Waals surface area (Å²) in [7, 11) is -0.231. The van der Waals surface area contributed by atoms with Gasteiger partial charge in [0.1, 0.15) is 0 Å². The Morgan fingerprint density at radius 3 is 2.40 bits per heavy atom. The van der Waals surface area contributed by atoms with Crippen molar-refractivity contribution in [3.05, 3.63) is 28.8 Å². The molecule has 7 heteroatoms. The van der Waals surface area contributed by atoms with Gasteiger partial charge in [0.05, 0.1) is 10.9 Å². The van der Waals surface area contributed by atoms with Crippen LogP contribution in [0.1, 0.15) is 12.5 Å². The van der Waals surface area contributed by atoms with E-state index in [1.807, 2.05) is 6.92 Å². The van der Waals surface area contributed by atoms with E-state index in [2.05, 4.69) is 5.32 Å². The van der Waals surface area contributed by atoms with Gasteiger partial charge in [0.25, 0.3) is 0 Å². The third-order valence-corrected chi connectivity index (χ3v) is 4.48. The zero-order valence-corrected chi connectivity index (χ0v) is 13.6. The number of rotatable bonds is 7. The molecule has 0 heterocycles. The highest BCUT2D eigenvalue weighted by atomic mass is 35.5. The van der Waals surface area contributed by atoms with Crippen molar-refractivity contribution in [1.82, 2.24) is 5.32 Å². The van der Waals surface area contributed by atoms with Crippen molar-refractivity contribution in [3.63, 3.8) is 0 Å². The number of methoxy groups -OCH3 is 2. The molecule has 0 aliphatic rings. The van der Waals surface area contributed by atoms with Gasteiger partial charge in [-0.25, -0.2) is 8.42 Å². The predicted molar refractivity (Wildman–Crippen MR) is 78.7 cm³/mol. The average Bonchev–Trinajstić information content (AvgIpc) is 2.37. The molecule has 1 aromatic rings. The van der Waals surface area contributed by atoms with Gasteiger partial charge in [0.15, 0.2) is 16.1 Å². The van der Waals surface area contributed by atoms with Crippen molar-refractivity contribution >= 4 is 21.4 Å². The normalized spacial score (nSPS) is 13.7. The first-order chi connectivity index (χ1) is 9.31. The highest BCUT2D eigenvalue weighted by Gasteiger charge is 2.19. The first kappa shape index (κ1) is 17.4. The number of nitrogens with one attached hydrogen (secondary N) is 1. The molecular formula is C13H20ClNO4S. The summed E-state index contributed by atoms with van der Waals surface area (Å²) in [5, 5.41) is 3.57. The van der Waals surface area contributed by atoms with Crippen LogP contribution >= 0.6 is 11.6 Å². The number of hydrogen-bond donors (Lipinski definition) is 1. The monoisotopic (exact) mass is 321 g/mol. The van der Waals surface area contributed by atoms with Gasteiger partial charge in [-0.15, -0.1) is 0 Å². The largest absolute Gasteiger partial charge is 0.354 e. The summed E-state index contributed by atoms with van der Waals surface area (Å²) in [6.45, 7) is 2.20. The highest BCUT2D eigenvalue weighted by Crippen LogP contribution is 2.24. The molecule has 0 bridgehead atoms. The summed E-state index contributed by atoms with van der Waals surface area (Å²) in [6.07, 6.45) is 0.748. The number of halogens is 1. The van der Waals surface area contributed by atoms with Crippen LogP contribution in [-0.4, -0.2) is 41.2 Å². The van der Waals surface area contributed by atoms with Gasteiger partial charge in [0, 0.05) is 37.6 Å². The standard InChI is InChI=1S/C13H20ClNO4S/c1-9(13(18-2)19-3)15-8-10-11(14)6-5-7-12(10)20(4,16)17/h5-7,9,13,15H,8H2,1-4H3. The van der Waals surface area contributed by atoms with Crippen LogP contribution in [0.15, 0.2) is 23.1 Å². The number of sulfone groups is 1. The minimum absolute atomic E-state index is 0.117. The molecule has 0 fully saturated rings. The van der Waals surface area contributed by atoms with Crippen molar-refractivity contribution in [2.45, 2.75) is 30.7 Å². The molecule has 0 aliphatic carbocycles. The maximum Gasteiger partial charge on any atom is 0.175 e. The van der Waals surface area contributed by atoms with E-state index in [1.165, 1.54) is 6.26 Å². The van der Waals surface area contributed by atoms with Gasteiger partial charge in [-0.1, -0.05) is 17.7 Å². The van der Waals surface area contributed by atoms with Crippen molar-refractivity contribution < 1.29 is 17.9 Å². The Morgan fingerprint density at radius 1 is 1.30 bits per heavy atom. The summed E-state index contributed by atoms with van der Waals surface area (Å²) in [6, 6.07) is 4.72. The lowest BCUT2D eigenvalue weighted by molar-refractivity contribution is -0.119. The average molecular weight is 322 g/mol. The fourth-order valence-electron chi connectivity index (χ4n) is 1.92. The van der Waals surface area contributed by atoms with Crippen molar-refractivity contribution in [2.24, 2.45) is 0 Å². The molecule has 0 spiro atoms. The van der Waals surface area contributed by atoms with Crippen LogP contribution in [0.3, 0.4) is 0 Å². The van der Waals surface area contributed by atoms with Crippen molar-refractivity contribution in [1.29, 1.82) is 0 Å². The van der Waals surface area contributed by atoms with E-state index in [1.54, 1.807) is 32.4 Å². The van der Waals surface area contributed by atoms with E-state index in [4.69, 9.17) is 21.1 Å². The summed E-state index contributed by atoms with van der Waals surface area (Å²) in [4.78, 5) is 0.232. The van der Waals surface area contributed by atoms with Gasteiger partial charge in [-0.2, -0.15) is 0 Å². The fraction of sp³-hybridized carbons (Fsp3) is 0.538. The molecule has 5 nitrogen and oxygen atoms in total. The molecular weight excluding hydrogens is 302 g/mol. The second kappa shape index (κ2) is 7.38. The predicted octanol–water partition coefficient (Wildman–Crippen LogP) is 1.84. The van der Waals surface area contributed by atoms with Crippen LogP contribution in [0.5, 0.6) is 0 Å². The molecule has 114 valence electrons. The van der Waals surface area contributed by atoms with Crippen LogP contribution in [0, 0.1) is 0 Å². The molecule has 0 amide bonds. The fourth-order valence-corrected chi connectivity index (χ4v) is 3.17. The maximum absolute atomic E-state index is 11.8. The Balaban J connectivity index is 2.93. The molecule has 1 unspecified atom stereocenters. The lowest BCUT2D eigenvalue weighted by Crippen LogP contribution is -2.39.